The molecule has 0 fully saturated rings. The molecule has 1 aromatic heterocycles. The number of nitro benzene ring substituents is 1. The van der Waals surface area contributed by atoms with Crippen molar-refractivity contribution in [2.24, 2.45) is 0 Å². The van der Waals surface area contributed by atoms with Crippen LogP contribution in [0.15, 0.2) is 36.5 Å². The Morgan fingerprint density at radius 2 is 2.19 bits per heavy atom. The van der Waals surface area contributed by atoms with Crippen LogP contribution in [0.5, 0.6) is 0 Å². The Balaban J connectivity index is 2.48. The van der Waals surface area contributed by atoms with Gasteiger partial charge in [-0.15, -0.1) is 0 Å². The van der Waals surface area contributed by atoms with Crippen molar-refractivity contribution in [3.05, 3.63) is 57.2 Å². The standard InChI is InChI=1S/C14H11ClN2O4/c1-2-21-14(18)9-6-7-16-11(8-9)10-4-3-5-12(13(10)15)17(19)20/h3-8H,2H2,1H3. The van der Waals surface area contributed by atoms with Crippen molar-refractivity contribution in [1.82, 2.24) is 4.98 Å². The highest BCUT2D eigenvalue weighted by Crippen LogP contribution is 2.34. The Morgan fingerprint density at radius 1 is 1.43 bits per heavy atom. The van der Waals surface area contributed by atoms with Crippen LogP contribution in [0.2, 0.25) is 5.02 Å². The van der Waals surface area contributed by atoms with E-state index in [1.165, 1.54) is 30.5 Å². The summed E-state index contributed by atoms with van der Waals surface area (Å²) >= 11 is 6.03. The number of carbonyl (C=O) groups excluding carboxylic acids is 1. The summed E-state index contributed by atoms with van der Waals surface area (Å²) in [6, 6.07) is 7.42. The number of nitro groups is 1. The first-order valence-electron chi connectivity index (χ1n) is 6.11. The van der Waals surface area contributed by atoms with E-state index in [1.807, 2.05) is 0 Å². The van der Waals surface area contributed by atoms with Gasteiger partial charge in [-0.1, -0.05) is 23.7 Å². The van der Waals surface area contributed by atoms with E-state index in [0.29, 0.717) is 16.8 Å². The summed E-state index contributed by atoms with van der Waals surface area (Å²) in [6.45, 7) is 1.96. The van der Waals surface area contributed by atoms with E-state index >= 15 is 0 Å². The molecule has 108 valence electrons. The van der Waals surface area contributed by atoms with Gasteiger partial charge in [-0.05, 0) is 19.1 Å². The molecule has 0 aliphatic heterocycles. The van der Waals surface area contributed by atoms with Crippen LogP contribution >= 0.6 is 11.6 Å². The lowest BCUT2D eigenvalue weighted by atomic mass is 10.1. The van der Waals surface area contributed by atoms with Gasteiger partial charge < -0.3 is 4.74 Å². The van der Waals surface area contributed by atoms with Gasteiger partial charge in [0.1, 0.15) is 5.02 Å². The Labute approximate surface area is 125 Å². The van der Waals surface area contributed by atoms with Crippen molar-refractivity contribution < 1.29 is 14.5 Å². The maximum absolute atomic E-state index is 11.7. The third kappa shape index (κ3) is 3.17. The van der Waals surface area contributed by atoms with Gasteiger partial charge in [-0.25, -0.2) is 4.79 Å². The van der Waals surface area contributed by atoms with Crippen LogP contribution in [-0.2, 0) is 4.74 Å². The minimum absolute atomic E-state index is 0.0176. The van der Waals surface area contributed by atoms with Gasteiger partial charge in [0.15, 0.2) is 0 Å². The number of aromatic nitrogens is 1. The van der Waals surface area contributed by atoms with E-state index in [0.717, 1.165) is 0 Å². The summed E-state index contributed by atoms with van der Waals surface area (Å²) in [4.78, 5) is 26.1. The quantitative estimate of drug-likeness (QED) is 0.490. The van der Waals surface area contributed by atoms with E-state index in [-0.39, 0.29) is 17.3 Å². The molecule has 0 saturated carbocycles. The summed E-state index contributed by atoms with van der Waals surface area (Å²) in [5, 5.41) is 10.9. The topological polar surface area (TPSA) is 82.3 Å². The zero-order valence-corrected chi connectivity index (χ0v) is 11.8. The number of nitrogens with zero attached hydrogens (tertiary/aromatic N) is 2. The van der Waals surface area contributed by atoms with Crippen molar-refractivity contribution in [3.63, 3.8) is 0 Å². The minimum Gasteiger partial charge on any atom is -0.462 e. The SMILES string of the molecule is CCOC(=O)c1ccnc(-c2cccc([N+](=O)[O-])c2Cl)c1. The second-order valence-electron chi connectivity index (χ2n) is 4.05. The molecule has 0 amide bonds. The van der Waals surface area contributed by atoms with Gasteiger partial charge in [0.2, 0.25) is 0 Å². The first-order chi connectivity index (χ1) is 10.0. The normalized spacial score (nSPS) is 10.2. The maximum Gasteiger partial charge on any atom is 0.338 e. The van der Waals surface area contributed by atoms with Crippen molar-refractivity contribution >= 4 is 23.3 Å². The van der Waals surface area contributed by atoms with Gasteiger partial charge in [0.05, 0.1) is 22.8 Å². The van der Waals surface area contributed by atoms with Crippen LogP contribution in [0.4, 0.5) is 5.69 Å². The predicted molar refractivity (Wildman–Crippen MR) is 77.3 cm³/mol. The van der Waals surface area contributed by atoms with Gasteiger partial charge in [-0.3, -0.25) is 15.1 Å². The first kappa shape index (κ1) is 14.9. The zero-order chi connectivity index (χ0) is 15.4. The molecule has 0 atom stereocenters. The lowest BCUT2D eigenvalue weighted by molar-refractivity contribution is -0.384. The molecule has 21 heavy (non-hydrogen) atoms. The van der Waals surface area contributed by atoms with Crippen molar-refractivity contribution in [2.45, 2.75) is 6.92 Å². The van der Waals surface area contributed by atoms with Gasteiger partial charge in [-0.2, -0.15) is 0 Å². The Bertz CT molecular complexity index is 703. The number of carbonyl (C=O) groups is 1. The second-order valence-corrected chi connectivity index (χ2v) is 4.42. The number of ether oxygens (including phenoxy) is 1. The van der Waals surface area contributed by atoms with E-state index in [4.69, 9.17) is 16.3 Å². The minimum atomic E-state index is -0.568. The summed E-state index contributed by atoms with van der Waals surface area (Å²) in [6.07, 6.45) is 1.43. The molecule has 2 rings (SSSR count). The maximum atomic E-state index is 11.7. The molecule has 0 aliphatic carbocycles. The van der Waals surface area contributed by atoms with Crippen LogP contribution in [0.3, 0.4) is 0 Å². The number of hydrogen-bond donors (Lipinski definition) is 0. The van der Waals surface area contributed by atoms with E-state index in [9.17, 15) is 14.9 Å². The van der Waals surface area contributed by atoms with Crippen LogP contribution in [-0.4, -0.2) is 22.5 Å². The van der Waals surface area contributed by atoms with E-state index in [2.05, 4.69) is 4.98 Å². The van der Waals surface area contributed by atoms with E-state index < -0.39 is 10.9 Å². The molecular formula is C14H11ClN2O4. The number of rotatable bonds is 4. The zero-order valence-electron chi connectivity index (χ0n) is 11.1. The second kappa shape index (κ2) is 6.32. The Kier molecular flexibility index (Phi) is 4.49. The fourth-order valence-corrected chi connectivity index (χ4v) is 2.07. The number of esters is 1. The molecule has 0 radical (unpaired) electrons. The molecule has 2 aromatic rings. The molecular weight excluding hydrogens is 296 g/mol. The molecule has 6 nitrogen and oxygen atoms in total. The highest BCUT2D eigenvalue weighted by Gasteiger charge is 2.18. The molecule has 0 N–H and O–H groups in total. The molecule has 0 spiro atoms. The number of benzene rings is 1. The van der Waals surface area contributed by atoms with E-state index in [1.54, 1.807) is 13.0 Å². The average molecular weight is 307 g/mol. The van der Waals surface area contributed by atoms with Crippen LogP contribution in [0.25, 0.3) is 11.3 Å². The number of hydrogen-bond acceptors (Lipinski definition) is 5. The van der Waals surface area contributed by atoms with Crippen molar-refractivity contribution in [1.29, 1.82) is 0 Å². The third-order valence-corrected chi connectivity index (χ3v) is 3.12. The summed E-state index contributed by atoms with van der Waals surface area (Å²) in [7, 11) is 0. The first-order valence-corrected chi connectivity index (χ1v) is 6.48. The molecule has 1 heterocycles. The van der Waals surface area contributed by atoms with Gasteiger partial charge in [0, 0.05) is 17.8 Å². The van der Waals surface area contributed by atoms with Crippen LogP contribution in [0.1, 0.15) is 17.3 Å². The fraction of sp³-hybridized carbons (Fsp3) is 0.143. The molecule has 7 heteroatoms. The molecule has 1 aromatic carbocycles. The lowest BCUT2D eigenvalue weighted by Crippen LogP contribution is -2.05. The molecule has 0 bridgehead atoms. The third-order valence-electron chi connectivity index (χ3n) is 2.72. The number of halogens is 1. The average Bonchev–Trinajstić information content (AvgIpc) is 2.47. The molecule has 0 aliphatic rings. The van der Waals surface area contributed by atoms with Crippen LogP contribution in [0, 0.1) is 10.1 Å². The van der Waals surface area contributed by atoms with Gasteiger partial charge in [0.25, 0.3) is 5.69 Å². The number of pyridine rings is 1. The Hall–Kier alpha value is -2.47. The summed E-state index contributed by atoms with van der Waals surface area (Å²) in [5.41, 5.74) is 0.855. The summed E-state index contributed by atoms with van der Waals surface area (Å²) < 4.78 is 4.90. The Morgan fingerprint density at radius 3 is 2.86 bits per heavy atom. The van der Waals surface area contributed by atoms with Gasteiger partial charge >= 0.3 is 5.97 Å². The largest absolute Gasteiger partial charge is 0.462 e. The van der Waals surface area contributed by atoms with Crippen LogP contribution < -0.4 is 0 Å². The highest BCUT2D eigenvalue weighted by molar-refractivity contribution is 6.35. The monoisotopic (exact) mass is 306 g/mol. The highest BCUT2D eigenvalue weighted by atomic mass is 35.5. The molecule has 0 unspecified atom stereocenters. The fourth-order valence-electron chi connectivity index (χ4n) is 1.78. The molecule has 0 saturated heterocycles. The van der Waals surface area contributed by atoms with Crippen molar-refractivity contribution in [2.75, 3.05) is 6.61 Å². The van der Waals surface area contributed by atoms with Crippen molar-refractivity contribution in [3.8, 4) is 11.3 Å². The lowest BCUT2D eigenvalue weighted by Gasteiger charge is -2.06. The smallest absolute Gasteiger partial charge is 0.338 e. The summed E-state index contributed by atoms with van der Waals surface area (Å²) in [5.74, 6) is -0.484. The predicted octanol–water partition coefficient (Wildman–Crippen LogP) is 3.49.